The van der Waals surface area contributed by atoms with Crippen LogP contribution in [0.3, 0.4) is 0 Å². The second-order valence-electron chi connectivity index (χ2n) is 10.2. The van der Waals surface area contributed by atoms with Gasteiger partial charge < -0.3 is 18.3 Å². The molecule has 28 heavy (non-hydrogen) atoms. The molecule has 0 aromatic heterocycles. The fraction of sp³-hybridized carbons (Fsp3) is 0.700. The molecule has 154 valence electrons. The van der Waals surface area contributed by atoms with Crippen molar-refractivity contribution in [3.05, 3.63) is 24.3 Å². The van der Waals surface area contributed by atoms with Crippen LogP contribution in [-0.2, 0) is 27.9 Å². The Labute approximate surface area is 168 Å². The Kier molecular flexibility index (Phi) is 4.76. The molecule has 8 atom stereocenters. The van der Waals surface area contributed by atoms with Crippen molar-refractivity contribution >= 4 is 28.6 Å². The van der Waals surface area contributed by atoms with Gasteiger partial charge in [-0.15, -0.1) is 0 Å². The zero-order chi connectivity index (χ0) is 20.4. The highest BCUT2D eigenvalue weighted by molar-refractivity contribution is 6.70. The van der Waals surface area contributed by atoms with Gasteiger partial charge in [-0.05, 0) is 39.3 Å². The van der Waals surface area contributed by atoms with E-state index in [0.29, 0.717) is 0 Å². The number of esters is 2. The third kappa shape index (κ3) is 3.55. The van der Waals surface area contributed by atoms with Gasteiger partial charge in [-0.25, -0.2) is 0 Å². The lowest BCUT2D eigenvalue weighted by molar-refractivity contribution is -0.159. The van der Waals surface area contributed by atoms with Crippen LogP contribution in [0.4, 0.5) is 0 Å². The molecule has 2 fully saturated rings. The Morgan fingerprint density at radius 2 is 1.07 bits per heavy atom. The van der Waals surface area contributed by atoms with E-state index >= 15 is 0 Å². The topological polar surface area (TPSA) is 71.1 Å². The van der Waals surface area contributed by atoms with Crippen molar-refractivity contribution in [2.45, 2.75) is 63.7 Å². The molecule has 4 aliphatic rings. The summed E-state index contributed by atoms with van der Waals surface area (Å²) in [5.74, 6) is -0.755. The van der Waals surface area contributed by atoms with Crippen LogP contribution in [0, 0.1) is 23.7 Å². The number of hydrogen-bond donors (Lipinski definition) is 0. The third-order valence-corrected chi connectivity index (χ3v) is 7.63. The van der Waals surface area contributed by atoms with Crippen LogP contribution in [-0.4, -0.2) is 53.0 Å². The van der Waals surface area contributed by atoms with E-state index in [4.69, 9.17) is 18.3 Å². The Morgan fingerprint density at radius 1 is 0.714 bits per heavy atom. The van der Waals surface area contributed by atoms with Crippen LogP contribution >= 0.6 is 0 Å². The number of cyclic esters (lactones) is 2. The molecule has 0 unspecified atom stereocenters. The Morgan fingerprint density at radius 3 is 1.29 bits per heavy atom. The molecular weight excluding hydrogens is 392 g/mol. The minimum absolute atomic E-state index is 0.00594. The fourth-order valence-corrected chi connectivity index (χ4v) is 6.58. The van der Waals surface area contributed by atoms with E-state index in [2.05, 4.69) is 39.3 Å². The van der Waals surface area contributed by atoms with Crippen molar-refractivity contribution in [1.29, 1.82) is 0 Å². The predicted octanol–water partition coefficient (Wildman–Crippen LogP) is 2.88. The number of rotatable bonds is 7. The minimum atomic E-state index is -2.00. The lowest BCUT2D eigenvalue weighted by Crippen LogP contribution is -2.57. The summed E-state index contributed by atoms with van der Waals surface area (Å²) in [5.41, 5.74) is 0. The maximum Gasteiger partial charge on any atom is 0.313 e. The molecule has 0 spiro atoms. The third-order valence-electron chi connectivity index (χ3n) is 5.67. The number of carbonyl (C=O) groups excluding carboxylic acids is 2. The highest BCUT2D eigenvalue weighted by Crippen LogP contribution is 2.46. The highest BCUT2D eigenvalue weighted by Gasteiger charge is 2.58. The summed E-state index contributed by atoms with van der Waals surface area (Å²) in [4.78, 5) is 24.6. The van der Waals surface area contributed by atoms with Gasteiger partial charge in [0.25, 0.3) is 0 Å². The molecule has 2 heterocycles. The molecule has 0 bridgehead atoms. The van der Waals surface area contributed by atoms with Crippen LogP contribution in [0.2, 0.25) is 39.3 Å². The fourth-order valence-electron chi connectivity index (χ4n) is 4.41. The molecule has 0 aromatic carbocycles. The summed E-state index contributed by atoms with van der Waals surface area (Å²) < 4.78 is 24.8. The van der Waals surface area contributed by atoms with Crippen molar-refractivity contribution in [2.75, 3.05) is 0 Å². The van der Waals surface area contributed by atoms with E-state index < -0.39 is 41.1 Å². The Bertz CT molecular complexity index is 672. The Hall–Kier alpha value is -1.23. The number of carbonyl (C=O) groups is 2. The highest BCUT2D eigenvalue weighted by atomic mass is 28.4. The van der Waals surface area contributed by atoms with E-state index in [0.717, 1.165) is 0 Å². The van der Waals surface area contributed by atoms with Crippen LogP contribution in [0.1, 0.15) is 0 Å². The van der Waals surface area contributed by atoms with Crippen molar-refractivity contribution in [2.24, 2.45) is 23.7 Å². The molecule has 0 amide bonds. The summed E-state index contributed by atoms with van der Waals surface area (Å²) in [7, 11) is -4.01. The first-order valence-corrected chi connectivity index (χ1v) is 16.9. The van der Waals surface area contributed by atoms with Crippen LogP contribution in [0.25, 0.3) is 0 Å². The quantitative estimate of drug-likeness (QED) is 0.357. The van der Waals surface area contributed by atoms with Crippen molar-refractivity contribution in [3.63, 3.8) is 0 Å². The first kappa shape index (κ1) is 20.1. The lowest BCUT2D eigenvalue weighted by Gasteiger charge is -2.43. The molecule has 0 aromatic rings. The van der Waals surface area contributed by atoms with Gasteiger partial charge >= 0.3 is 11.9 Å². The molecule has 6 nitrogen and oxygen atoms in total. The second-order valence-corrected chi connectivity index (χ2v) is 19.1. The standard InChI is InChI=1S/C20H30O6Si2/c1-27(2,3)25-17(15-11-7-9-13(11)19(21)23-15)18(26-28(4,5)6)16-12-8-10-14(12)20(22)24-16/h7-18H,1-6H3/t11-,12+,13+,14-,15-,16-,17+,18+/m0/s1. The number of hydrogen-bond acceptors (Lipinski definition) is 6. The smallest absolute Gasteiger partial charge is 0.313 e. The van der Waals surface area contributed by atoms with Crippen LogP contribution in [0.5, 0.6) is 0 Å². The van der Waals surface area contributed by atoms with Crippen LogP contribution < -0.4 is 0 Å². The van der Waals surface area contributed by atoms with Crippen molar-refractivity contribution < 1.29 is 27.9 Å². The van der Waals surface area contributed by atoms with E-state index in [1.807, 2.05) is 24.3 Å². The average Bonchev–Trinajstić information content (AvgIpc) is 2.79. The van der Waals surface area contributed by atoms with E-state index in [9.17, 15) is 9.59 Å². The van der Waals surface area contributed by atoms with E-state index in [1.54, 1.807) is 0 Å². The van der Waals surface area contributed by atoms with Crippen molar-refractivity contribution in [3.8, 4) is 0 Å². The molecule has 4 rings (SSSR count). The molecule has 2 aliphatic carbocycles. The summed E-state index contributed by atoms with van der Waals surface area (Å²) >= 11 is 0. The molecular formula is C20H30O6Si2. The zero-order valence-corrected chi connectivity index (χ0v) is 19.4. The minimum Gasteiger partial charge on any atom is -0.458 e. The molecule has 0 N–H and O–H groups in total. The Balaban J connectivity index is 1.69. The summed E-state index contributed by atoms with van der Waals surface area (Å²) in [6.07, 6.45) is 6.13. The van der Waals surface area contributed by atoms with Gasteiger partial charge in [0.05, 0.1) is 11.8 Å². The zero-order valence-electron chi connectivity index (χ0n) is 17.4. The average molecular weight is 423 g/mol. The first-order chi connectivity index (χ1) is 12.9. The SMILES string of the molecule is C[Si](C)(C)O[C@@H]([C@H](O[Si](C)(C)C)[C@H]1OC(=O)[C@H]2C=C[C@@H]12)[C@H]1OC(=O)[C@@H]2C=C[C@H]12. The molecule has 2 aliphatic heterocycles. The van der Waals surface area contributed by atoms with Gasteiger partial charge in [0, 0.05) is 11.8 Å². The summed E-state index contributed by atoms with van der Waals surface area (Å²) in [5, 5.41) is 0. The summed E-state index contributed by atoms with van der Waals surface area (Å²) in [6.45, 7) is 12.7. The molecule has 8 heteroatoms. The van der Waals surface area contributed by atoms with Gasteiger partial charge in [0.2, 0.25) is 0 Å². The maximum absolute atomic E-state index is 12.3. The van der Waals surface area contributed by atoms with Gasteiger partial charge in [-0.1, -0.05) is 24.3 Å². The van der Waals surface area contributed by atoms with E-state index in [1.165, 1.54) is 0 Å². The number of ether oxygens (including phenoxy) is 2. The van der Waals surface area contributed by atoms with Crippen LogP contribution in [0.15, 0.2) is 24.3 Å². The van der Waals surface area contributed by atoms with Gasteiger partial charge in [0.1, 0.15) is 24.4 Å². The second kappa shape index (κ2) is 6.65. The predicted molar refractivity (Wildman–Crippen MR) is 108 cm³/mol. The van der Waals surface area contributed by atoms with Gasteiger partial charge in [-0.3, -0.25) is 9.59 Å². The van der Waals surface area contributed by atoms with Crippen molar-refractivity contribution in [1.82, 2.24) is 0 Å². The molecule has 0 radical (unpaired) electrons. The first-order valence-electron chi connectivity index (χ1n) is 10.1. The van der Waals surface area contributed by atoms with Gasteiger partial charge in [-0.2, -0.15) is 0 Å². The maximum atomic E-state index is 12.3. The molecule has 2 saturated heterocycles. The van der Waals surface area contributed by atoms with E-state index in [-0.39, 0.29) is 35.6 Å². The molecule has 0 saturated carbocycles. The monoisotopic (exact) mass is 422 g/mol. The lowest BCUT2D eigenvalue weighted by atomic mass is 9.75. The summed E-state index contributed by atoms with van der Waals surface area (Å²) in [6, 6.07) is 0. The normalized spacial score (nSPS) is 38.1. The van der Waals surface area contributed by atoms with Gasteiger partial charge in [0.15, 0.2) is 16.6 Å². The largest absolute Gasteiger partial charge is 0.458 e. The number of fused-ring (bicyclic) bond motifs is 2.